The highest BCUT2D eigenvalue weighted by Crippen LogP contribution is 2.33. The van der Waals surface area contributed by atoms with Crippen molar-refractivity contribution < 1.29 is 19.1 Å². The number of hydrogen-bond donors (Lipinski definition) is 0. The lowest BCUT2D eigenvalue weighted by Crippen LogP contribution is -2.47. The Kier molecular flexibility index (Phi) is 5.35. The molecule has 1 aliphatic heterocycles. The van der Waals surface area contributed by atoms with E-state index in [1.165, 1.54) is 7.11 Å². The van der Waals surface area contributed by atoms with Crippen LogP contribution >= 0.6 is 0 Å². The van der Waals surface area contributed by atoms with Crippen molar-refractivity contribution in [3.63, 3.8) is 0 Å². The first kappa shape index (κ1) is 16.0. The zero-order valence-electron chi connectivity index (χ0n) is 12.7. The van der Waals surface area contributed by atoms with Crippen molar-refractivity contribution in [2.45, 2.75) is 52.9 Å². The van der Waals surface area contributed by atoms with E-state index in [4.69, 9.17) is 4.74 Å². The van der Waals surface area contributed by atoms with Crippen molar-refractivity contribution in [1.82, 2.24) is 4.90 Å². The molecular formula is C14H25NO4. The number of esters is 1. The number of carbonyl (C=O) groups excluding carboxylic acids is 2. The fourth-order valence-corrected chi connectivity index (χ4v) is 2.60. The van der Waals surface area contributed by atoms with Gasteiger partial charge in [-0.05, 0) is 33.6 Å². The van der Waals surface area contributed by atoms with Crippen molar-refractivity contribution in [3.8, 4) is 0 Å². The van der Waals surface area contributed by atoms with Gasteiger partial charge < -0.3 is 14.4 Å². The number of carbonyl (C=O) groups is 2. The molecule has 1 heterocycles. The molecule has 5 nitrogen and oxygen atoms in total. The van der Waals surface area contributed by atoms with Gasteiger partial charge in [0.25, 0.3) is 0 Å². The SMILES string of the molecule is COC(=O)CN(C(=O)C1C(C)OC(C)C1C)C(C)C. The molecule has 19 heavy (non-hydrogen) atoms. The van der Waals surface area contributed by atoms with Crippen LogP contribution in [-0.2, 0) is 19.1 Å². The second-order valence-electron chi connectivity index (χ2n) is 5.57. The third kappa shape index (κ3) is 3.47. The van der Waals surface area contributed by atoms with Gasteiger partial charge in [0, 0.05) is 6.04 Å². The van der Waals surface area contributed by atoms with Crippen LogP contribution in [0.25, 0.3) is 0 Å². The summed E-state index contributed by atoms with van der Waals surface area (Å²) in [5.41, 5.74) is 0. The van der Waals surface area contributed by atoms with Crippen LogP contribution in [0.5, 0.6) is 0 Å². The predicted octanol–water partition coefficient (Wildman–Crippen LogP) is 1.46. The Hall–Kier alpha value is -1.10. The summed E-state index contributed by atoms with van der Waals surface area (Å²) >= 11 is 0. The minimum absolute atomic E-state index is 0.00266. The Bertz CT molecular complexity index is 342. The summed E-state index contributed by atoms with van der Waals surface area (Å²) in [5.74, 6) is -0.456. The summed E-state index contributed by atoms with van der Waals surface area (Å²) in [6, 6.07) is -0.0399. The summed E-state index contributed by atoms with van der Waals surface area (Å²) in [6.45, 7) is 9.71. The van der Waals surface area contributed by atoms with Gasteiger partial charge in [0.05, 0.1) is 25.2 Å². The fraction of sp³-hybridized carbons (Fsp3) is 0.857. The molecule has 0 N–H and O–H groups in total. The van der Waals surface area contributed by atoms with E-state index < -0.39 is 5.97 Å². The van der Waals surface area contributed by atoms with E-state index in [-0.39, 0.29) is 42.5 Å². The largest absolute Gasteiger partial charge is 0.468 e. The molecule has 0 aromatic carbocycles. The van der Waals surface area contributed by atoms with Crippen molar-refractivity contribution in [1.29, 1.82) is 0 Å². The lowest BCUT2D eigenvalue weighted by atomic mass is 9.88. The van der Waals surface area contributed by atoms with Gasteiger partial charge >= 0.3 is 5.97 Å². The molecule has 0 radical (unpaired) electrons. The second kappa shape index (κ2) is 6.37. The third-order valence-electron chi connectivity index (χ3n) is 3.96. The molecule has 1 saturated heterocycles. The molecule has 0 aromatic rings. The summed E-state index contributed by atoms with van der Waals surface area (Å²) in [4.78, 5) is 25.6. The average molecular weight is 271 g/mol. The molecular weight excluding hydrogens is 246 g/mol. The zero-order chi connectivity index (χ0) is 14.7. The number of methoxy groups -OCH3 is 1. The van der Waals surface area contributed by atoms with Crippen LogP contribution in [0, 0.1) is 11.8 Å². The van der Waals surface area contributed by atoms with Crippen molar-refractivity contribution in [2.24, 2.45) is 11.8 Å². The van der Waals surface area contributed by atoms with Crippen LogP contribution in [0.15, 0.2) is 0 Å². The second-order valence-corrected chi connectivity index (χ2v) is 5.57. The first-order chi connectivity index (χ1) is 8.79. The molecule has 4 atom stereocenters. The number of amides is 1. The monoisotopic (exact) mass is 271 g/mol. The minimum Gasteiger partial charge on any atom is -0.468 e. The van der Waals surface area contributed by atoms with Gasteiger partial charge in [-0.25, -0.2) is 0 Å². The quantitative estimate of drug-likeness (QED) is 0.726. The number of rotatable bonds is 4. The molecule has 1 amide bonds. The van der Waals surface area contributed by atoms with E-state index in [1.54, 1.807) is 4.90 Å². The maximum atomic E-state index is 12.6. The molecule has 1 rings (SSSR count). The highest BCUT2D eigenvalue weighted by Gasteiger charge is 2.44. The maximum absolute atomic E-state index is 12.6. The topological polar surface area (TPSA) is 55.8 Å². The van der Waals surface area contributed by atoms with Crippen molar-refractivity contribution in [3.05, 3.63) is 0 Å². The summed E-state index contributed by atoms with van der Waals surface area (Å²) < 4.78 is 10.4. The summed E-state index contributed by atoms with van der Waals surface area (Å²) in [5, 5.41) is 0. The van der Waals surface area contributed by atoms with Gasteiger partial charge in [-0.3, -0.25) is 9.59 Å². The predicted molar refractivity (Wildman–Crippen MR) is 71.5 cm³/mol. The van der Waals surface area contributed by atoms with E-state index in [0.717, 1.165) is 0 Å². The van der Waals surface area contributed by atoms with Crippen LogP contribution < -0.4 is 0 Å². The zero-order valence-corrected chi connectivity index (χ0v) is 12.7. The van der Waals surface area contributed by atoms with E-state index in [0.29, 0.717) is 0 Å². The number of nitrogens with zero attached hydrogens (tertiary/aromatic N) is 1. The third-order valence-corrected chi connectivity index (χ3v) is 3.96. The molecule has 5 heteroatoms. The van der Waals surface area contributed by atoms with Gasteiger partial charge in [-0.15, -0.1) is 0 Å². The molecule has 0 aliphatic carbocycles. The Morgan fingerprint density at radius 1 is 1.21 bits per heavy atom. The Balaban J connectivity index is 2.85. The highest BCUT2D eigenvalue weighted by molar-refractivity contribution is 5.84. The first-order valence-electron chi connectivity index (χ1n) is 6.82. The van der Waals surface area contributed by atoms with E-state index in [2.05, 4.69) is 4.74 Å². The highest BCUT2D eigenvalue weighted by atomic mass is 16.5. The Morgan fingerprint density at radius 3 is 2.16 bits per heavy atom. The lowest BCUT2D eigenvalue weighted by molar-refractivity contribution is -0.151. The molecule has 0 spiro atoms. The summed E-state index contributed by atoms with van der Waals surface area (Å²) in [6.07, 6.45) is -0.0486. The van der Waals surface area contributed by atoms with Gasteiger partial charge in [0.15, 0.2) is 0 Å². The summed E-state index contributed by atoms with van der Waals surface area (Å²) in [7, 11) is 1.33. The van der Waals surface area contributed by atoms with Crippen molar-refractivity contribution in [2.75, 3.05) is 13.7 Å². The van der Waals surface area contributed by atoms with Gasteiger partial charge in [-0.2, -0.15) is 0 Å². The molecule has 0 saturated carbocycles. The van der Waals surface area contributed by atoms with Gasteiger partial charge in [-0.1, -0.05) is 6.92 Å². The number of ether oxygens (including phenoxy) is 2. The Labute approximate surface area is 115 Å². The van der Waals surface area contributed by atoms with Crippen molar-refractivity contribution >= 4 is 11.9 Å². The molecule has 110 valence electrons. The van der Waals surface area contributed by atoms with Crippen LogP contribution in [0.1, 0.15) is 34.6 Å². The minimum atomic E-state index is -0.394. The van der Waals surface area contributed by atoms with Crippen LogP contribution in [0.3, 0.4) is 0 Å². The van der Waals surface area contributed by atoms with Crippen LogP contribution in [-0.4, -0.2) is 48.7 Å². The fourth-order valence-electron chi connectivity index (χ4n) is 2.60. The molecule has 4 unspecified atom stereocenters. The smallest absolute Gasteiger partial charge is 0.325 e. The van der Waals surface area contributed by atoms with Crippen LogP contribution in [0.4, 0.5) is 0 Å². The molecule has 0 aromatic heterocycles. The van der Waals surface area contributed by atoms with E-state index in [9.17, 15) is 9.59 Å². The van der Waals surface area contributed by atoms with Gasteiger partial charge in [0.1, 0.15) is 6.54 Å². The Morgan fingerprint density at radius 2 is 1.79 bits per heavy atom. The molecule has 0 bridgehead atoms. The van der Waals surface area contributed by atoms with E-state index in [1.807, 2.05) is 34.6 Å². The first-order valence-corrected chi connectivity index (χ1v) is 6.82. The van der Waals surface area contributed by atoms with E-state index >= 15 is 0 Å². The van der Waals surface area contributed by atoms with Gasteiger partial charge in [0.2, 0.25) is 5.91 Å². The molecule has 1 aliphatic rings. The maximum Gasteiger partial charge on any atom is 0.325 e. The van der Waals surface area contributed by atoms with Crippen LogP contribution in [0.2, 0.25) is 0 Å². The number of hydrogen-bond acceptors (Lipinski definition) is 4. The molecule has 1 fully saturated rings. The normalized spacial score (nSPS) is 30.5. The lowest BCUT2D eigenvalue weighted by Gasteiger charge is -2.30. The standard InChI is InChI=1S/C14H25NO4/c1-8(2)15(7-12(16)18-6)14(17)13-9(3)10(4)19-11(13)5/h8-11,13H,7H2,1-6H3. The average Bonchev–Trinajstić information content (AvgIpc) is 2.58.